The molecular weight excluding hydrogens is 751 g/mol. The van der Waals surface area contributed by atoms with E-state index in [1.165, 1.54) is 0 Å². The van der Waals surface area contributed by atoms with Crippen molar-refractivity contribution in [3.63, 3.8) is 0 Å². The molecule has 0 aliphatic carbocycles. The lowest BCUT2D eigenvalue weighted by atomic mass is 9.89. The zero-order valence-corrected chi connectivity index (χ0v) is 33.9. The van der Waals surface area contributed by atoms with E-state index in [0.29, 0.717) is 6.54 Å². The van der Waals surface area contributed by atoms with Gasteiger partial charge in [-0.25, -0.2) is 8.42 Å². The SMILES string of the molecule is Cc1ccc(S(=O)(=O)N[C@H](Cc2ccccc2)C(=O)NCc2cccc(-c3cccc([C@@H]4O[C@H](CN5CCC[C@H]5CO)[C@H](C)[C@H](c5ccc(CO)cc5)O4)c3)c2)cc1. The van der Waals surface area contributed by atoms with Gasteiger partial charge in [0.15, 0.2) is 6.29 Å². The van der Waals surface area contributed by atoms with Crippen LogP contribution in [0.1, 0.15) is 65.5 Å². The van der Waals surface area contributed by atoms with Crippen molar-refractivity contribution in [2.45, 2.75) is 81.7 Å². The zero-order valence-electron chi connectivity index (χ0n) is 33.0. The summed E-state index contributed by atoms with van der Waals surface area (Å²) in [6.45, 7) is 5.93. The molecule has 2 aliphatic rings. The number of sulfonamides is 1. The second-order valence-electron chi connectivity index (χ2n) is 15.5. The van der Waals surface area contributed by atoms with E-state index in [1.807, 2.05) is 104 Å². The molecule has 11 heteroatoms. The van der Waals surface area contributed by atoms with Gasteiger partial charge in [0.2, 0.25) is 15.9 Å². The monoisotopic (exact) mass is 803 g/mol. The average Bonchev–Trinajstić information content (AvgIpc) is 3.71. The predicted molar refractivity (Wildman–Crippen MR) is 224 cm³/mol. The highest BCUT2D eigenvalue weighted by molar-refractivity contribution is 7.89. The van der Waals surface area contributed by atoms with E-state index in [2.05, 4.69) is 27.9 Å². The Bertz CT molecular complexity index is 2240. The smallest absolute Gasteiger partial charge is 0.241 e. The van der Waals surface area contributed by atoms with Gasteiger partial charge in [0.1, 0.15) is 6.04 Å². The van der Waals surface area contributed by atoms with E-state index in [0.717, 1.165) is 63.9 Å². The highest BCUT2D eigenvalue weighted by atomic mass is 32.2. The molecule has 1 amide bonds. The summed E-state index contributed by atoms with van der Waals surface area (Å²) in [6.07, 6.45) is 1.14. The van der Waals surface area contributed by atoms with E-state index in [1.54, 1.807) is 24.3 Å². The number of rotatable bonds is 15. The van der Waals surface area contributed by atoms with Crippen LogP contribution in [0.3, 0.4) is 0 Å². The number of nitrogens with one attached hydrogen (secondary N) is 2. The van der Waals surface area contributed by atoms with Gasteiger partial charge in [-0.2, -0.15) is 4.72 Å². The van der Waals surface area contributed by atoms with Gasteiger partial charge in [-0.05, 0) is 90.4 Å². The van der Waals surface area contributed by atoms with Crippen LogP contribution in [-0.2, 0) is 43.9 Å². The molecule has 2 fully saturated rings. The van der Waals surface area contributed by atoms with Gasteiger partial charge >= 0.3 is 0 Å². The van der Waals surface area contributed by atoms with E-state index >= 15 is 0 Å². The Hall–Kier alpha value is -4.72. The number of aliphatic hydroxyl groups excluding tert-OH is 2. The predicted octanol–water partition coefficient (Wildman–Crippen LogP) is 6.61. The molecule has 2 aliphatic heterocycles. The molecule has 5 aromatic rings. The highest BCUT2D eigenvalue weighted by Crippen LogP contribution is 2.43. The fourth-order valence-electron chi connectivity index (χ4n) is 7.95. The third-order valence-electron chi connectivity index (χ3n) is 11.4. The third kappa shape index (κ3) is 10.1. The Morgan fingerprint density at radius 3 is 2.24 bits per heavy atom. The molecule has 0 unspecified atom stereocenters. The minimum Gasteiger partial charge on any atom is -0.395 e. The van der Waals surface area contributed by atoms with Crippen LogP contribution < -0.4 is 10.0 Å². The molecule has 2 saturated heterocycles. The Morgan fingerprint density at radius 1 is 0.810 bits per heavy atom. The molecule has 0 aromatic heterocycles. The highest BCUT2D eigenvalue weighted by Gasteiger charge is 2.40. The van der Waals surface area contributed by atoms with Crippen LogP contribution in [-0.4, -0.2) is 67.3 Å². The maximum atomic E-state index is 13.7. The number of likely N-dealkylation sites (tertiary alicyclic amines) is 1. The molecular formula is C47H53N3O7S. The Balaban J connectivity index is 1.08. The largest absolute Gasteiger partial charge is 0.395 e. The van der Waals surface area contributed by atoms with Gasteiger partial charge in [-0.3, -0.25) is 9.69 Å². The van der Waals surface area contributed by atoms with Crippen molar-refractivity contribution in [3.8, 4) is 11.1 Å². The van der Waals surface area contributed by atoms with Crippen molar-refractivity contribution >= 4 is 15.9 Å². The lowest BCUT2D eigenvalue weighted by Gasteiger charge is -2.43. The topological polar surface area (TPSA) is 137 Å². The zero-order chi connectivity index (χ0) is 40.6. The van der Waals surface area contributed by atoms with Crippen LogP contribution in [0.2, 0.25) is 0 Å². The summed E-state index contributed by atoms with van der Waals surface area (Å²) in [5.41, 5.74) is 7.23. The lowest BCUT2D eigenvalue weighted by Crippen LogP contribution is -2.47. The number of aryl methyl sites for hydroxylation is 1. The van der Waals surface area contributed by atoms with Crippen LogP contribution in [0.4, 0.5) is 0 Å². The van der Waals surface area contributed by atoms with Crippen LogP contribution in [0.5, 0.6) is 0 Å². The van der Waals surface area contributed by atoms with Gasteiger partial charge in [-0.1, -0.05) is 116 Å². The standard InChI is InChI=1S/C47H53N3O7S/c1-32-16-22-42(23-17-32)58(54,55)49-43(26-34-9-4-3-5-10-34)46(53)48-28-36-11-6-12-38(25-36)39-13-7-14-40(27-39)47-56-44(29-50-24-8-15-41(50)31-52)33(2)45(57-47)37-20-18-35(30-51)19-21-37/h3-7,9-14,16-23,25,27,33,41,43-45,47,49,51-52H,8,15,24,26,28-31H2,1-2H3,(H,48,53)/t33-,41-,43+,44+,45+,47+/m0/s1. The van der Waals surface area contributed by atoms with Crippen LogP contribution in [0.25, 0.3) is 11.1 Å². The van der Waals surface area contributed by atoms with Crippen LogP contribution >= 0.6 is 0 Å². The molecule has 0 radical (unpaired) electrons. The van der Waals surface area contributed by atoms with Gasteiger partial charge in [0, 0.05) is 30.6 Å². The van der Waals surface area contributed by atoms with Crippen molar-refractivity contribution in [2.24, 2.45) is 5.92 Å². The van der Waals surface area contributed by atoms with Crippen LogP contribution in [0, 0.1) is 12.8 Å². The number of nitrogens with zero attached hydrogens (tertiary/aromatic N) is 1. The summed E-state index contributed by atoms with van der Waals surface area (Å²) in [4.78, 5) is 16.2. The summed E-state index contributed by atoms with van der Waals surface area (Å²) in [6, 6.07) is 38.9. The first-order valence-corrected chi connectivity index (χ1v) is 21.5. The lowest BCUT2D eigenvalue weighted by molar-refractivity contribution is -0.276. The van der Waals surface area contributed by atoms with Crippen molar-refractivity contribution in [1.82, 2.24) is 14.9 Å². The number of benzene rings is 5. The molecule has 0 saturated carbocycles. The average molecular weight is 804 g/mol. The van der Waals surface area contributed by atoms with Crippen LogP contribution in [0.15, 0.2) is 132 Å². The fraction of sp³-hybridized carbons (Fsp3) is 0.340. The Labute approximate surface area is 341 Å². The molecule has 10 nitrogen and oxygen atoms in total. The maximum absolute atomic E-state index is 13.7. The van der Waals surface area contributed by atoms with Gasteiger partial charge in [0.25, 0.3) is 0 Å². The van der Waals surface area contributed by atoms with Gasteiger partial charge in [0.05, 0.1) is 30.3 Å². The molecule has 5 aromatic carbocycles. The molecule has 4 N–H and O–H groups in total. The van der Waals surface area contributed by atoms with E-state index in [9.17, 15) is 23.4 Å². The first-order valence-electron chi connectivity index (χ1n) is 20.1. The van der Waals surface area contributed by atoms with Crippen molar-refractivity contribution < 1.29 is 32.9 Å². The number of aliphatic hydroxyl groups is 2. The quantitative estimate of drug-likeness (QED) is 0.0929. The van der Waals surface area contributed by atoms with Gasteiger partial charge < -0.3 is 25.0 Å². The van der Waals surface area contributed by atoms with E-state index < -0.39 is 28.3 Å². The normalized spacial score (nSPS) is 21.8. The first kappa shape index (κ1) is 41.4. The molecule has 58 heavy (non-hydrogen) atoms. The van der Waals surface area contributed by atoms with E-state index in [4.69, 9.17) is 9.47 Å². The Kier molecular flexibility index (Phi) is 13.5. The van der Waals surface area contributed by atoms with Crippen molar-refractivity contribution in [2.75, 3.05) is 19.7 Å². The molecule has 2 heterocycles. The second-order valence-corrected chi connectivity index (χ2v) is 17.2. The van der Waals surface area contributed by atoms with Crippen molar-refractivity contribution in [1.29, 1.82) is 0 Å². The fourth-order valence-corrected chi connectivity index (χ4v) is 9.15. The minimum absolute atomic E-state index is 0.0245. The summed E-state index contributed by atoms with van der Waals surface area (Å²) in [7, 11) is -3.97. The molecule has 0 bridgehead atoms. The first-order chi connectivity index (χ1) is 28.1. The number of hydrogen-bond donors (Lipinski definition) is 4. The molecule has 304 valence electrons. The number of ether oxygens (including phenoxy) is 2. The summed E-state index contributed by atoms with van der Waals surface area (Å²) < 4.78 is 42.9. The molecule has 6 atom stereocenters. The van der Waals surface area contributed by atoms with Gasteiger partial charge in [-0.15, -0.1) is 0 Å². The number of carbonyl (C=O) groups excluding carboxylic acids is 1. The Morgan fingerprint density at radius 2 is 1.52 bits per heavy atom. The summed E-state index contributed by atoms with van der Waals surface area (Å²) in [5.74, 6) is -0.404. The van der Waals surface area contributed by atoms with E-state index in [-0.39, 0.29) is 55.2 Å². The maximum Gasteiger partial charge on any atom is 0.241 e. The second kappa shape index (κ2) is 18.9. The third-order valence-corrected chi connectivity index (χ3v) is 12.8. The number of amides is 1. The summed E-state index contributed by atoms with van der Waals surface area (Å²) in [5, 5.41) is 22.7. The number of carbonyl (C=O) groups is 1. The van der Waals surface area contributed by atoms with Crippen molar-refractivity contribution in [3.05, 3.63) is 161 Å². The summed E-state index contributed by atoms with van der Waals surface area (Å²) >= 11 is 0. The minimum atomic E-state index is -3.97. The number of hydrogen-bond acceptors (Lipinski definition) is 8. The molecule has 7 rings (SSSR count). The molecule has 0 spiro atoms.